The maximum absolute atomic E-state index is 12.2. The Kier molecular flexibility index (Phi) is 4.20. The minimum atomic E-state index is 0.0458. The lowest BCUT2D eigenvalue weighted by atomic mass is 9.99. The summed E-state index contributed by atoms with van der Waals surface area (Å²) < 4.78 is 1.80. The van der Waals surface area contributed by atoms with Crippen molar-refractivity contribution in [3.05, 3.63) is 35.8 Å². The zero-order valence-corrected chi connectivity index (χ0v) is 13.0. The highest BCUT2D eigenvalue weighted by atomic mass is 16.1. The Morgan fingerprint density at radius 3 is 2.86 bits per heavy atom. The number of carbonyl (C=O) groups is 1. The van der Waals surface area contributed by atoms with Crippen molar-refractivity contribution in [2.24, 2.45) is 5.92 Å². The minimum absolute atomic E-state index is 0.0458. The number of amides is 1. The number of aryl methyl sites for hydroxylation is 2. The molecule has 2 aromatic heterocycles. The third-order valence-corrected chi connectivity index (χ3v) is 3.91. The summed E-state index contributed by atoms with van der Waals surface area (Å²) in [6.07, 6.45) is 3.67. The highest BCUT2D eigenvalue weighted by Crippen LogP contribution is 2.15. The van der Waals surface area contributed by atoms with Crippen LogP contribution in [0.3, 0.4) is 0 Å². The first-order valence-corrected chi connectivity index (χ1v) is 7.65. The van der Waals surface area contributed by atoms with E-state index in [1.165, 1.54) is 0 Å². The topological polar surface area (TPSA) is 71.8 Å². The molecule has 3 rings (SSSR count). The van der Waals surface area contributed by atoms with Crippen LogP contribution in [0.15, 0.2) is 24.4 Å². The van der Waals surface area contributed by atoms with Crippen molar-refractivity contribution in [2.45, 2.75) is 26.7 Å². The van der Waals surface area contributed by atoms with E-state index in [1.807, 2.05) is 32.0 Å². The van der Waals surface area contributed by atoms with Gasteiger partial charge in [-0.05, 0) is 51.4 Å². The van der Waals surface area contributed by atoms with Crippen LogP contribution in [-0.2, 0) is 4.79 Å². The molecule has 0 aliphatic carbocycles. The molecule has 0 bridgehead atoms. The number of pyridine rings is 1. The lowest BCUT2D eigenvalue weighted by Crippen LogP contribution is -2.37. The van der Waals surface area contributed by atoms with E-state index in [9.17, 15) is 4.79 Å². The van der Waals surface area contributed by atoms with Crippen molar-refractivity contribution in [1.82, 2.24) is 20.1 Å². The van der Waals surface area contributed by atoms with E-state index in [0.717, 1.165) is 48.8 Å². The summed E-state index contributed by atoms with van der Waals surface area (Å²) in [5.74, 6) is 0.861. The Hall–Kier alpha value is -2.21. The molecule has 1 fully saturated rings. The summed E-state index contributed by atoms with van der Waals surface area (Å²) >= 11 is 0. The van der Waals surface area contributed by atoms with Crippen molar-refractivity contribution in [3.8, 4) is 5.82 Å². The van der Waals surface area contributed by atoms with Crippen molar-refractivity contribution in [1.29, 1.82) is 0 Å². The molecular weight excluding hydrogens is 278 g/mol. The van der Waals surface area contributed by atoms with Gasteiger partial charge < -0.3 is 10.6 Å². The number of nitrogens with one attached hydrogen (secondary N) is 2. The van der Waals surface area contributed by atoms with Gasteiger partial charge in [0.15, 0.2) is 5.82 Å². The number of anilines is 1. The Labute approximate surface area is 129 Å². The summed E-state index contributed by atoms with van der Waals surface area (Å²) in [5.41, 5.74) is 2.72. The number of nitrogens with zero attached hydrogens (tertiary/aromatic N) is 3. The van der Waals surface area contributed by atoms with Crippen LogP contribution in [0.2, 0.25) is 0 Å². The van der Waals surface area contributed by atoms with Gasteiger partial charge in [-0.25, -0.2) is 9.67 Å². The Morgan fingerprint density at radius 2 is 2.27 bits per heavy atom. The third-order valence-electron chi connectivity index (χ3n) is 3.91. The summed E-state index contributed by atoms with van der Waals surface area (Å²) in [7, 11) is 0. The Balaban J connectivity index is 1.69. The van der Waals surface area contributed by atoms with Gasteiger partial charge >= 0.3 is 0 Å². The summed E-state index contributed by atoms with van der Waals surface area (Å²) in [4.78, 5) is 16.6. The maximum Gasteiger partial charge on any atom is 0.228 e. The molecule has 1 amide bonds. The molecule has 6 nitrogen and oxygen atoms in total. The van der Waals surface area contributed by atoms with Crippen LogP contribution in [0.5, 0.6) is 0 Å². The number of aromatic nitrogens is 3. The highest BCUT2D eigenvalue weighted by Gasteiger charge is 2.20. The fraction of sp³-hybridized carbons (Fsp3) is 0.438. The molecule has 116 valence electrons. The van der Waals surface area contributed by atoms with Gasteiger partial charge in [-0.1, -0.05) is 0 Å². The first-order chi connectivity index (χ1) is 10.6. The molecular formula is C16H21N5O. The number of hydrogen-bond donors (Lipinski definition) is 2. The van der Waals surface area contributed by atoms with Crippen LogP contribution >= 0.6 is 0 Å². The summed E-state index contributed by atoms with van der Waals surface area (Å²) in [6, 6.07) is 5.74. The van der Waals surface area contributed by atoms with Crippen LogP contribution in [-0.4, -0.2) is 33.8 Å². The molecule has 0 unspecified atom stereocenters. The summed E-state index contributed by atoms with van der Waals surface area (Å²) in [5, 5.41) is 10.6. The molecule has 0 spiro atoms. The van der Waals surface area contributed by atoms with Crippen LogP contribution < -0.4 is 10.6 Å². The van der Waals surface area contributed by atoms with Crippen LogP contribution in [0.4, 0.5) is 5.69 Å². The summed E-state index contributed by atoms with van der Waals surface area (Å²) in [6.45, 7) is 5.70. The molecule has 0 radical (unpaired) electrons. The fourth-order valence-corrected chi connectivity index (χ4v) is 2.77. The molecule has 2 aromatic rings. The van der Waals surface area contributed by atoms with Crippen LogP contribution in [0.25, 0.3) is 5.82 Å². The van der Waals surface area contributed by atoms with Gasteiger partial charge in [0.25, 0.3) is 0 Å². The van der Waals surface area contributed by atoms with E-state index in [2.05, 4.69) is 20.7 Å². The minimum Gasteiger partial charge on any atom is -0.324 e. The highest BCUT2D eigenvalue weighted by molar-refractivity contribution is 5.92. The molecule has 6 heteroatoms. The normalized spacial score (nSPS) is 18.2. The van der Waals surface area contributed by atoms with Gasteiger partial charge in [-0.2, -0.15) is 5.10 Å². The second kappa shape index (κ2) is 6.27. The number of carbonyl (C=O) groups excluding carboxylic acids is 1. The SMILES string of the molecule is Cc1cc(C)n(-c2ccc(NC(=O)[C@H]3CCCNC3)cn2)n1. The Bertz CT molecular complexity index is 656. The molecule has 0 aromatic carbocycles. The van der Waals surface area contributed by atoms with Crippen LogP contribution in [0.1, 0.15) is 24.2 Å². The molecule has 1 saturated heterocycles. The molecule has 3 heterocycles. The predicted octanol–water partition coefficient (Wildman–Crippen LogP) is 1.82. The molecule has 1 aliphatic heterocycles. The van der Waals surface area contributed by atoms with Gasteiger partial charge in [0, 0.05) is 12.2 Å². The lowest BCUT2D eigenvalue weighted by Gasteiger charge is -2.21. The van der Waals surface area contributed by atoms with E-state index in [0.29, 0.717) is 0 Å². The third kappa shape index (κ3) is 3.17. The van der Waals surface area contributed by atoms with E-state index < -0.39 is 0 Å². The van der Waals surface area contributed by atoms with E-state index >= 15 is 0 Å². The van der Waals surface area contributed by atoms with Crippen molar-refractivity contribution in [2.75, 3.05) is 18.4 Å². The average molecular weight is 299 g/mol. The first-order valence-electron chi connectivity index (χ1n) is 7.65. The van der Waals surface area contributed by atoms with Crippen molar-refractivity contribution >= 4 is 11.6 Å². The maximum atomic E-state index is 12.2. The first kappa shape index (κ1) is 14.7. The molecule has 1 aliphatic rings. The molecule has 2 N–H and O–H groups in total. The van der Waals surface area contributed by atoms with E-state index in [-0.39, 0.29) is 11.8 Å². The Morgan fingerprint density at radius 1 is 1.41 bits per heavy atom. The zero-order chi connectivity index (χ0) is 15.5. The van der Waals surface area contributed by atoms with Gasteiger partial charge in [-0.15, -0.1) is 0 Å². The predicted molar refractivity (Wildman–Crippen MR) is 85.1 cm³/mol. The largest absolute Gasteiger partial charge is 0.324 e. The van der Waals surface area contributed by atoms with Gasteiger partial charge in [0.2, 0.25) is 5.91 Å². The second-order valence-electron chi connectivity index (χ2n) is 5.78. The van der Waals surface area contributed by atoms with Gasteiger partial charge in [0.05, 0.1) is 23.5 Å². The van der Waals surface area contributed by atoms with Crippen LogP contribution in [0, 0.1) is 19.8 Å². The van der Waals surface area contributed by atoms with Gasteiger partial charge in [0.1, 0.15) is 0 Å². The van der Waals surface area contributed by atoms with E-state index in [4.69, 9.17) is 0 Å². The van der Waals surface area contributed by atoms with E-state index in [1.54, 1.807) is 10.9 Å². The standard InChI is InChI=1S/C16H21N5O/c1-11-8-12(2)21(20-11)15-6-5-14(10-18-15)19-16(22)13-4-3-7-17-9-13/h5-6,8,10,13,17H,3-4,7,9H2,1-2H3,(H,19,22)/t13-/m0/s1. The monoisotopic (exact) mass is 299 g/mol. The fourth-order valence-electron chi connectivity index (χ4n) is 2.77. The molecule has 0 saturated carbocycles. The van der Waals surface area contributed by atoms with Crippen molar-refractivity contribution in [3.63, 3.8) is 0 Å². The van der Waals surface area contributed by atoms with Crippen molar-refractivity contribution < 1.29 is 4.79 Å². The second-order valence-corrected chi connectivity index (χ2v) is 5.78. The van der Waals surface area contributed by atoms with Gasteiger partial charge in [-0.3, -0.25) is 4.79 Å². The number of rotatable bonds is 3. The quantitative estimate of drug-likeness (QED) is 0.907. The zero-order valence-electron chi connectivity index (χ0n) is 13.0. The average Bonchev–Trinajstić information content (AvgIpc) is 2.87. The number of hydrogen-bond acceptors (Lipinski definition) is 4. The number of piperidine rings is 1. The smallest absolute Gasteiger partial charge is 0.228 e. The lowest BCUT2D eigenvalue weighted by molar-refractivity contribution is -0.120. The molecule has 22 heavy (non-hydrogen) atoms. The molecule has 1 atom stereocenters.